The van der Waals surface area contributed by atoms with Gasteiger partial charge in [0.25, 0.3) is 5.69 Å². The quantitative estimate of drug-likeness (QED) is 0.657. The number of anilines is 1. The number of aliphatic hydroxyl groups is 1. The summed E-state index contributed by atoms with van der Waals surface area (Å²) in [5.74, 6) is 0. The maximum atomic E-state index is 12.9. The minimum Gasteiger partial charge on any atom is -0.394 e. The normalized spacial score (nSPS) is 22.6. The highest BCUT2D eigenvalue weighted by molar-refractivity contribution is 5.57. The SMILES string of the molecule is C[C@]1(CO)CN(c2ccc([N+](=O)[O-])c(C(F)(F)F)c2)CN1. The average molecular weight is 305 g/mol. The molecule has 0 aliphatic carbocycles. The Balaban J connectivity index is 2.37. The van der Waals surface area contributed by atoms with E-state index in [0.717, 1.165) is 12.1 Å². The largest absolute Gasteiger partial charge is 0.423 e. The highest BCUT2D eigenvalue weighted by Gasteiger charge is 2.40. The Morgan fingerprint density at radius 2 is 2.19 bits per heavy atom. The van der Waals surface area contributed by atoms with Gasteiger partial charge < -0.3 is 10.0 Å². The number of alkyl halides is 3. The lowest BCUT2D eigenvalue weighted by Crippen LogP contribution is -2.42. The van der Waals surface area contributed by atoms with Crippen molar-refractivity contribution in [1.82, 2.24) is 5.32 Å². The molecule has 0 aromatic heterocycles. The molecule has 9 heteroatoms. The second kappa shape index (κ2) is 5.15. The zero-order valence-electron chi connectivity index (χ0n) is 11.1. The van der Waals surface area contributed by atoms with Gasteiger partial charge in [-0.15, -0.1) is 0 Å². The lowest BCUT2D eigenvalue weighted by Gasteiger charge is -2.22. The summed E-state index contributed by atoms with van der Waals surface area (Å²) in [5.41, 5.74) is -2.64. The minimum atomic E-state index is -4.80. The molecule has 1 fully saturated rings. The van der Waals surface area contributed by atoms with Crippen LogP contribution in [0.15, 0.2) is 18.2 Å². The van der Waals surface area contributed by atoms with E-state index < -0.39 is 27.9 Å². The molecule has 1 aromatic carbocycles. The topological polar surface area (TPSA) is 78.6 Å². The van der Waals surface area contributed by atoms with Crippen LogP contribution < -0.4 is 10.2 Å². The van der Waals surface area contributed by atoms with Gasteiger partial charge in [-0.25, -0.2) is 0 Å². The number of rotatable bonds is 3. The van der Waals surface area contributed by atoms with Gasteiger partial charge in [-0.2, -0.15) is 13.2 Å². The summed E-state index contributed by atoms with van der Waals surface area (Å²) in [6, 6.07) is 2.90. The molecule has 1 atom stereocenters. The van der Waals surface area contributed by atoms with Gasteiger partial charge in [0.15, 0.2) is 0 Å². The van der Waals surface area contributed by atoms with Crippen molar-refractivity contribution < 1.29 is 23.2 Å². The van der Waals surface area contributed by atoms with Gasteiger partial charge in [0, 0.05) is 18.3 Å². The molecule has 2 N–H and O–H groups in total. The molecule has 21 heavy (non-hydrogen) atoms. The van der Waals surface area contributed by atoms with Crippen molar-refractivity contribution in [2.45, 2.75) is 18.6 Å². The third kappa shape index (κ3) is 3.08. The van der Waals surface area contributed by atoms with E-state index in [1.807, 2.05) is 0 Å². The molecule has 0 saturated carbocycles. The molecule has 0 amide bonds. The first-order chi connectivity index (χ1) is 9.66. The van der Waals surface area contributed by atoms with Crippen molar-refractivity contribution >= 4 is 11.4 Å². The van der Waals surface area contributed by atoms with Crippen molar-refractivity contribution in [3.05, 3.63) is 33.9 Å². The van der Waals surface area contributed by atoms with E-state index in [-0.39, 0.29) is 19.0 Å². The minimum absolute atomic E-state index is 0.164. The fraction of sp³-hybridized carbons (Fsp3) is 0.500. The van der Waals surface area contributed by atoms with Crippen LogP contribution in [0.5, 0.6) is 0 Å². The van der Waals surface area contributed by atoms with Crippen LogP contribution in [-0.4, -0.2) is 35.4 Å². The van der Waals surface area contributed by atoms with E-state index in [4.69, 9.17) is 0 Å². The van der Waals surface area contributed by atoms with Crippen molar-refractivity contribution in [2.24, 2.45) is 0 Å². The van der Waals surface area contributed by atoms with Crippen molar-refractivity contribution in [3.63, 3.8) is 0 Å². The summed E-state index contributed by atoms with van der Waals surface area (Å²) in [7, 11) is 0. The second-order valence-electron chi connectivity index (χ2n) is 5.21. The molecule has 1 aliphatic rings. The van der Waals surface area contributed by atoms with Gasteiger partial charge in [-0.05, 0) is 19.1 Å². The molecule has 1 aromatic rings. The number of nitro groups is 1. The summed E-state index contributed by atoms with van der Waals surface area (Å²) in [5, 5.41) is 22.9. The van der Waals surface area contributed by atoms with Crippen LogP contribution in [0.2, 0.25) is 0 Å². The van der Waals surface area contributed by atoms with E-state index in [0.29, 0.717) is 6.54 Å². The lowest BCUT2D eigenvalue weighted by atomic mass is 10.1. The van der Waals surface area contributed by atoms with Gasteiger partial charge in [0.1, 0.15) is 5.56 Å². The number of benzene rings is 1. The molecule has 6 nitrogen and oxygen atoms in total. The van der Waals surface area contributed by atoms with Crippen LogP contribution >= 0.6 is 0 Å². The van der Waals surface area contributed by atoms with E-state index in [9.17, 15) is 28.4 Å². The maximum absolute atomic E-state index is 12.9. The summed E-state index contributed by atoms with van der Waals surface area (Å²) in [4.78, 5) is 11.2. The maximum Gasteiger partial charge on any atom is 0.423 e. The molecule has 1 saturated heterocycles. The number of halogens is 3. The van der Waals surface area contributed by atoms with E-state index in [1.54, 1.807) is 11.8 Å². The number of aliphatic hydroxyl groups excluding tert-OH is 1. The standard InChI is InChI=1S/C12H14F3N3O3/c1-11(6-19)5-17(7-16-11)8-2-3-10(18(20)21)9(4-8)12(13,14)15/h2-4,16,19H,5-7H2,1H3/t11-/m1/s1. The van der Waals surface area contributed by atoms with E-state index in [1.165, 1.54) is 6.07 Å². The van der Waals surface area contributed by atoms with Crippen LogP contribution in [0, 0.1) is 10.1 Å². The number of hydrogen-bond acceptors (Lipinski definition) is 5. The Labute approximate surface area is 118 Å². The lowest BCUT2D eigenvalue weighted by molar-refractivity contribution is -0.388. The third-order valence-electron chi connectivity index (χ3n) is 3.43. The molecule has 1 heterocycles. The fourth-order valence-corrected chi connectivity index (χ4v) is 2.21. The van der Waals surface area contributed by atoms with Gasteiger partial charge in [0.05, 0.1) is 23.7 Å². The Morgan fingerprint density at radius 3 is 2.67 bits per heavy atom. The van der Waals surface area contributed by atoms with Gasteiger partial charge in [-0.3, -0.25) is 15.4 Å². The van der Waals surface area contributed by atoms with Crippen LogP contribution in [0.4, 0.5) is 24.5 Å². The van der Waals surface area contributed by atoms with Gasteiger partial charge in [0.2, 0.25) is 0 Å². The second-order valence-corrected chi connectivity index (χ2v) is 5.21. The van der Waals surface area contributed by atoms with Crippen molar-refractivity contribution in [1.29, 1.82) is 0 Å². The van der Waals surface area contributed by atoms with Gasteiger partial charge >= 0.3 is 6.18 Å². The van der Waals surface area contributed by atoms with Crippen LogP contribution in [0.25, 0.3) is 0 Å². The molecule has 0 spiro atoms. The fourth-order valence-electron chi connectivity index (χ4n) is 2.21. The monoisotopic (exact) mass is 305 g/mol. The van der Waals surface area contributed by atoms with Crippen molar-refractivity contribution in [2.75, 3.05) is 24.7 Å². The molecule has 0 radical (unpaired) electrons. The molecule has 116 valence electrons. The van der Waals surface area contributed by atoms with E-state index >= 15 is 0 Å². The Kier molecular flexibility index (Phi) is 3.81. The molecular formula is C12H14F3N3O3. The summed E-state index contributed by atoms with van der Waals surface area (Å²) >= 11 is 0. The van der Waals surface area contributed by atoms with Crippen LogP contribution in [0.3, 0.4) is 0 Å². The number of nitrogens with one attached hydrogen (secondary N) is 1. The zero-order valence-corrected chi connectivity index (χ0v) is 11.1. The molecule has 0 bridgehead atoms. The highest BCUT2D eigenvalue weighted by Crippen LogP contribution is 2.38. The van der Waals surface area contributed by atoms with Crippen LogP contribution in [0.1, 0.15) is 12.5 Å². The first kappa shape index (κ1) is 15.5. The average Bonchev–Trinajstić information content (AvgIpc) is 2.80. The highest BCUT2D eigenvalue weighted by atomic mass is 19.4. The predicted octanol–water partition coefficient (Wildman–Crippen LogP) is 1.73. The predicted molar refractivity (Wildman–Crippen MR) is 68.9 cm³/mol. The molecule has 1 aliphatic heterocycles. The number of nitrogens with zero attached hydrogens (tertiary/aromatic N) is 2. The smallest absolute Gasteiger partial charge is 0.394 e. The molecule has 0 unspecified atom stereocenters. The molecule has 2 rings (SSSR count). The number of nitro benzene ring substituents is 1. The Bertz CT molecular complexity index is 564. The third-order valence-corrected chi connectivity index (χ3v) is 3.43. The van der Waals surface area contributed by atoms with Crippen molar-refractivity contribution in [3.8, 4) is 0 Å². The zero-order chi connectivity index (χ0) is 15.8. The molecular weight excluding hydrogens is 291 g/mol. The summed E-state index contributed by atoms with van der Waals surface area (Å²) in [6.45, 7) is 2.14. The summed E-state index contributed by atoms with van der Waals surface area (Å²) < 4.78 is 38.7. The Hall–Kier alpha value is -1.87. The summed E-state index contributed by atoms with van der Waals surface area (Å²) in [6.07, 6.45) is -4.80. The Morgan fingerprint density at radius 1 is 1.52 bits per heavy atom. The van der Waals surface area contributed by atoms with Gasteiger partial charge in [-0.1, -0.05) is 0 Å². The first-order valence-corrected chi connectivity index (χ1v) is 6.13. The first-order valence-electron chi connectivity index (χ1n) is 6.13. The number of hydrogen-bond donors (Lipinski definition) is 2. The van der Waals surface area contributed by atoms with Crippen LogP contribution in [-0.2, 0) is 6.18 Å². The van der Waals surface area contributed by atoms with E-state index in [2.05, 4.69) is 5.32 Å².